The highest BCUT2D eigenvalue weighted by Gasteiger charge is 2.33. The Morgan fingerprint density at radius 3 is 2.65 bits per heavy atom. The molecule has 31 heavy (non-hydrogen) atoms. The molecule has 0 saturated carbocycles. The third kappa shape index (κ3) is 4.58. The molecule has 0 spiro atoms. The van der Waals surface area contributed by atoms with E-state index in [1.54, 1.807) is 17.0 Å². The van der Waals surface area contributed by atoms with Crippen molar-refractivity contribution in [3.63, 3.8) is 0 Å². The fourth-order valence-electron chi connectivity index (χ4n) is 3.59. The summed E-state index contributed by atoms with van der Waals surface area (Å²) in [6.07, 6.45) is 0.265. The lowest BCUT2D eigenvalue weighted by atomic mass is 10.2. The lowest BCUT2D eigenvalue weighted by molar-refractivity contribution is 0.0704. The summed E-state index contributed by atoms with van der Waals surface area (Å²) < 4.78 is 24.9. The molecular weight excluding hydrogens is 429 g/mol. The Kier molecular flexibility index (Phi) is 5.98. The Bertz CT molecular complexity index is 980. The summed E-state index contributed by atoms with van der Waals surface area (Å²) in [7, 11) is 0. The summed E-state index contributed by atoms with van der Waals surface area (Å²) in [4.78, 5) is 40.1. The fraction of sp³-hybridized carbons (Fsp3) is 0.368. The molecule has 0 radical (unpaired) electrons. The fourth-order valence-corrected chi connectivity index (χ4v) is 3.68. The molecule has 1 atom stereocenters. The standard InChI is InChI=1S/C19H20FN5O5S/c20-14-9-12(25-11-13(29-19(25)28)10-21-18(27)31)1-2-15(14)23-5-7-24(8-6-23)17(26)16-3-4-22-30-16/h1-4,9,13H,5-8,10-11H2,(H2,21,27,31). The number of aromatic nitrogens is 1. The second kappa shape index (κ2) is 8.84. The summed E-state index contributed by atoms with van der Waals surface area (Å²) in [5.41, 5.74) is 0.757. The average molecular weight is 449 g/mol. The number of carbonyl (C=O) groups excluding carboxylic acids is 3. The number of piperazine rings is 1. The number of cyclic esters (lactones) is 1. The van der Waals surface area contributed by atoms with Gasteiger partial charge in [0.15, 0.2) is 0 Å². The van der Waals surface area contributed by atoms with Crippen LogP contribution < -0.4 is 15.1 Å². The van der Waals surface area contributed by atoms with Gasteiger partial charge in [-0.2, -0.15) is 0 Å². The van der Waals surface area contributed by atoms with Crippen LogP contribution in [0.15, 0.2) is 35.0 Å². The SMILES string of the molecule is O=C(S)NCC1CN(c2ccc(N3CCN(C(=O)c4ccno4)CC3)c(F)c2)C(=O)O1. The molecule has 0 bridgehead atoms. The maximum Gasteiger partial charge on any atom is 0.414 e. The molecule has 4 rings (SSSR count). The molecule has 2 fully saturated rings. The van der Waals surface area contributed by atoms with Gasteiger partial charge in [0.05, 0.1) is 30.7 Å². The number of anilines is 2. The van der Waals surface area contributed by atoms with Crippen LogP contribution in [0.5, 0.6) is 0 Å². The Morgan fingerprint density at radius 2 is 2.00 bits per heavy atom. The number of hydrogen-bond acceptors (Lipinski definition) is 7. The first-order valence-corrected chi connectivity index (χ1v) is 10.1. The van der Waals surface area contributed by atoms with Crippen molar-refractivity contribution >= 4 is 41.2 Å². The van der Waals surface area contributed by atoms with Crippen LogP contribution in [0.4, 0.5) is 25.4 Å². The minimum Gasteiger partial charge on any atom is -0.442 e. The lowest BCUT2D eigenvalue weighted by Gasteiger charge is -2.35. The minimum atomic E-state index is -0.606. The third-order valence-corrected chi connectivity index (χ3v) is 5.31. The molecule has 3 heterocycles. The molecule has 10 nitrogen and oxygen atoms in total. The number of nitrogens with zero attached hydrogens (tertiary/aromatic N) is 4. The number of ether oxygens (including phenoxy) is 1. The van der Waals surface area contributed by atoms with Crippen LogP contribution in [0, 0.1) is 5.82 Å². The highest BCUT2D eigenvalue weighted by molar-refractivity contribution is 7.96. The zero-order valence-electron chi connectivity index (χ0n) is 16.4. The van der Waals surface area contributed by atoms with Gasteiger partial charge in [0.1, 0.15) is 11.9 Å². The molecule has 1 N–H and O–H groups in total. The molecule has 1 aromatic carbocycles. The van der Waals surface area contributed by atoms with Crippen molar-refractivity contribution < 1.29 is 28.0 Å². The number of amides is 3. The molecule has 2 aromatic rings. The largest absolute Gasteiger partial charge is 0.442 e. The molecule has 3 amide bonds. The number of hydrogen-bond donors (Lipinski definition) is 2. The zero-order valence-corrected chi connectivity index (χ0v) is 17.3. The van der Waals surface area contributed by atoms with E-state index in [-0.39, 0.29) is 24.8 Å². The van der Waals surface area contributed by atoms with Gasteiger partial charge in [0.25, 0.3) is 11.1 Å². The monoisotopic (exact) mass is 449 g/mol. The third-order valence-electron chi connectivity index (χ3n) is 5.15. The summed E-state index contributed by atoms with van der Waals surface area (Å²) in [5, 5.41) is 5.49. The molecule has 2 aliphatic heterocycles. The van der Waals surface area contributed by atoms with Gasteiger partial charge in [-0.1, -0.05) is 17.8 Å². The van der Waals surface area contributed by atoms with Crippen molar-refractivity contribution in [1.29, 1.82) is 0 Å². The second-order valence-electron chi connectivity index (χ2n) is 7.09. The van der Waals surface area contributed by atoms with Crippen LogP contribution in [0.2, 0.25) is 0 Å². The van der Waals surface area contributed by atoms with Crippen molar-refractivity contribution in [2.45, 2.75) is 6.10 Å². The maximum atomic E-state index is 14.9. The van der Waals surface area contributed by atoms with Crippen LogP contribution in [-0.4, -0.2) is 72.7 Å². The minimum absolute atomic E-state index is 0.127. The van der Waals surface area contributed by atoms with E-state index in [0.717, 1.165) is 0 Å². The lowest BCUT2D eigenvalue weighted by Crippen LogP contribution is -2.49. The molecule has 1 unspecified atom stereocenters. The van der Waals surface area contributed by atoms with Crippen LogP contribution >= 0.6 is 12.6 Å². The van der Waals surface area contributed by atoms with Gasteiger partial charge in [0.2, 0.25) is 5.76 Å². The number of nitrogens with one attached hydrogen (secondary N) is 1. The summed E-state index contributed by atoms with van der Waals surface area (Å²) in [5.74, 6) is -0.551. The molecule has 1 aromatic heterocycles. The number of halogens is 1. The van der Waals surface area contributed by atoms with E-state index < -0.39 is 23.3 Å². The molecule has 164 valence electrons. The Labute approximate surface area is 182 Å². The van der Waals surface area contributed by atoms with Crippen LogP contribution in [0.25, 0.3) is 0 Å². The summed E-state index contributed by atoms with van der Waals surface area (Å²) in [6.45, 7) is 2.05. The first-order chi connectivity index (χ1) is 14.9. The van der Waals surface area contributed by atoms with Gasteiger partial charge in [-0.05, 0) is 18.2 Å². The van der Waals surface area contributed by atoms with E-state index in [4.69, 9.17) is 9.26 Å². The van der Waals surface area contributed by atoms with Gasteiger partial charge in [-0.25, -0.2) is 9.18 Å². The second-order valence-corrected chi connectivity index (χ2v) is 7.50. The van der Waals surface area contributed by atoms with Gasteiger partial charge >= 0.3 is 6.09 Å². The van der Waals surface area contributed by atoms with Gasteiger partial charge in [-0.15, -0.1) is 0 Å². The van der Waals surface area contributed by atoms with Gasteiger partial charge in [-0.3, -0.25) is 14.5 Å². The van der Waals surface area contributed by atoms with Gasteiger partial charge < -0.3 is 24.4 Å². The smallest absolute Gasteiger partial charge is 0.414 e. The number of benzene rings is 1. The Hall–Kier alpha value is -3.28. The van der Waals surface area contributed by atoms with Crippen molar-refractivity contribution in [1.82, 2.24) is 15.4 Å². The zero-order chi connectivity index (χ0) is 22.0. The molecule has 2 saturated heterocycles. The predicted molar refractivity (Wildman–Crippen MR) is 111 cm³/mol. The summed E-state index contributed by atoms with van der Waals surface area (Å²) >= 11 is 3.61. The van der Waals surface area contributed by atoms with Crippen molar-refractivity contribution in [2.24, 2.45) is 0 Å². The Balaban J connectivity index is 1.38. The molecule has 12 heteroatoms. The summed E-state index contributed by atoms with van der Waals surface area (Å²) in [6, 6.07) is 6.04. The average Bonchev–Trinajstić information content (AvgIpc) is 3.42. The first-order valence-electron chi connectivity index (χ1n) is 9.62. The quantitative estimate of drug-likeness (QED) is 0.670. The number of carbonyl (C=O) groups is 3. The van der Waals surface area contributed by atoms with Crippen LogP contribution in [0.3, 0.4) is 0 Å². The van der Waals surface area contributed by atoms with E-state index >= 15 is 0 Å². The van der Waals surface area contributed by atoms with Crippen molar-refractivity contribution in [3.8, 4) is 0 Å². The number of rotatable bonds is 5. The number of thiol groups is 1. The van der Waals surface area contributed by atoms with Crippen molar-refractivity contribution in [2.75, 3.05) is 49.1 Å². The highest BCUT2D eigenvalue weighted by Crippen LogP contribution is 2.28. The Morgan fingerprint density at radius 1 is 1.23 bits per heavy atom. The predicted octanol–water partition coefficient (Wildman–Crippen LogP) is 1.74. The maximum absolute atomic E-state index is 14.9. The van der Waals surface area contributed by atoms with Gasteiger partial charge in [0, 0.05) is 32.2 Å². The molecule has 0 aliphatic carbocycles. The molecular formula is C19H20FN5O5S. The molecule has 2 aliphatic rings. The van der Waals surface area contributed by atoms with Crippen LogP contribution in [0.1, 0.15) is 10.6 Å². The van der Waals surface area contributed by atoms with Crippen LogP contribution in [-0.2, 0) is 4.74 Å². The normalized spacial score (nSPS) is 18.8. The topological polar surface area (TPSA) is 108 Å². The first kappa shape index (κ1) is 21.0. The van der Waals surface area contributed by atoms with E-state index in [1.807, 2.05) is 4.90 Å². The van der Waals surface area contributed by atoms with Crippen molar-refractivity contribution in [3.05, 3.63) is 42.0 Å². The highest BCUT2D eigenvalue weighted by atomic mass is 32.1. The van der Waals surface area contributed by atoms with E-state index in [9.17, 15) is 18.8 Å². The van der Waals surface area contributed by atoms with E-state index in [1.165, 1.54) is 23.2 Å². The van der Waals surface area contributed by atoms with E-state index in [2.05, 4.69) is 23.1 Å². The van der Waals surface area contributed by atoms with E-state index in [0.29, 0.717) is 37.6 Å².